The maximum atomic E-state index is 5.70. The fourth-order valence-corrected chi connectivity index (χ4v) is 2.17. The summed E-state index contributed by atoms with van der Waals surface area (Å²) in [5.41, 5.74) is 3.50. The Bertz CT molecular complexity index is 374. The second-order valence-electron chi connectivity index (χ2n) is 4.85. The van der Waals surface area contributed by atoms with Crippen LogP contribution in [0.5, 0.6) is 5.75 Å². The van der Waals surface area contributed by atoms with E-state index < -0.39 is 0 Å². The molecule has 0 aliphatic carbocycles. The predicted molar refractivity (Wildman–Crippen MR) is 63.8 cm³/mol. The molecule has 0 N–H and O–H groups in total. The summed E-state index contributed by atoms with van der Waals surface area (Å²) >= 11 is 0. The standard InChI is InChI=1S/C13H20N2O/c1-4-5-11-13-10(6-7-16-13)12(15-14-11)8-9(2)3/h9H,4-8H2,1-3H3. The van der Waals surface area contributed by atoms with Crippen molar-refractivity contribution in [3.8, 4) is 5.75 Å². The second-order valence-corrected chi connectivity index (χ2v) is 4.85. The molecule has 0 amide bonds. The van der Waals surface area contributed by atoms with Crippen LogP contribution >= 0.6 is 0 Å². The molecule has 0 fully saturated rings. The monoisotopic (exact) mass is 220 g/mol. The van der Waals surface area contributed by atoms with Crippen molar-refractivity contribution in [2.75, 3.05) is 6.61 Å². The normalized spacial score (nSPS) is 14.0. The Kier molecular flexibility index (Phi) is 3.42. The van der Waals surface area contributed by atoms with Crippen LogP contribution in [0, 0.1) is 5.92 Å². The molecule has 0 spiro atoms. The van der Waals surface area contributed by atoms with E-state index in [4.69, 9.17) is 4.74 Å². The highest BCUT2D eigenvalue weighted by Crippen LogP contribution is 2.31. The molecule has 1 aliphatic heterocycles. The van der Waals surface area contributed by atoms with Gasteiger partial charge in [0.05, 0.1) is 12.3 Å². The van der Waals surface area contributed by atoms with Gasteiger partial charge in [-0.25, -0.2) is 0 Å². The summed E-state index contributed by atoms with van der Waals surface area (Å²) in [6.45, 7) is 7.38. The first-order valence-electron chi connectivity index (χ1n) is 6.22. The predicted octanol–water partition coefficient (Wildman–Crippen LogP) is 2.56. The maximum Gasteiger partial charge on any atom is 0.147 e. The molecule has 3 heteroatoms. The van der Waals surface area contributed by atoms with Crippen LogP contribution in [0.1, 0.15) is 44.1 Å². The smallest absolute Gasteiger partial charge is 0.147 e. The first-order chi connectivity index (χ1) is 7.72. The van der Waals surface area contributed by atoms with Crippen LogP contribution in [0.2, 0.25) is 0 Å². The van der Waals surface area contributed by atoms with Crippen LogP contribution in [-0.2, 0) is 19.3 Å². The summed E-state index contributed by atoms with van der Waals surface area (Å²) < 4.78 is 5.70. The summed E-state index contributed by atoms with van der Waals surface area (Å²) in [4.78, 5) is 0. The minimum atomic E-state index is 0.621. The Labute approximate surface area is 97.2 Å². The Morgan fingerprint density at radius 2 is 2.00 bits per heavy atom. The summed E-state index contributed by atoms with van der Waals surface area (Å²) in [5.74, 6) is 1.66. The zero-order chi connectivity index (χ0) is 11.5. The van der Waals surface area contributed by atoms with Crippen LogP contribution in [0.15, 0.2) is 0 Å². The van der Waals surface area contributed by atoms with Gasteiger partial charge >= 0.3 is 0 Å². The van der Waals surface area contributed by atoms with Crippen molar-refractivity contribution in [1.82, 2.24) is 10.2 Å². The number of hydrogen-bond acceptors (Lipinski definition) is 3. The molecule has 16 heavy (non-hydrogen) atoms. The van der Waals surface area contributed by atoms with Gasteiger partial charge in [0.2, 0.25) is 0 Å². The third kappa shape index (κ3) is 2.18. The van der Waals surface area contributed by atoms with Gasteiger partial charge in [-0.3, -0.25) is 0 Å². The van der Waals surface area contributed by atoms with Crippen molar-refractivity contribution in [3.63, 3.8) is 0 Å². The van der Waals surface area contributed by atoms with E-state index in [0.717, 1.165) is 49.4 Å². The van der Waals surface area contributed by atoms with Gasteiger partial charge in [0.25, 0.3) is 0 Å². The van der Waals surface area contributed by atoms with E-state index in [2.05, 4.69) is 31.0 Å². The fraction of sp³-hybridized carbons (Fsp3) is 0.692. The molecule has 2 heterocycles. The zero-order valence-corrected chi connectivity index (χ0v) is 10.4. The van der Waals surface area contributed by atoms with Gasteiger partial charge < -0.3 is 4.74 Å². The molecule has 1 aromatic heterocycles. The van der Waals surface area contributed by atoms with E-state index in [9.17, 15) is 0 Å². The molecular weight excluding hydrogens is 200 g/mol. The highest BCUT2D eigenvalue weighted by molar-refractivity contribution is 5.42. The Morgan fingerprint density at radius 1 is 1.25 bits per heavy atom. The molecule has 0 aromatic carbocycles. The lowest BCUT2D eigenvalue weighted by Gasteiger charge is -2.10. The molecule has 3 nitrogen and oxygen atoms in total. The van der Waals surface area contributed by atoms with Crippen molar-refractivity contribution in [1.29, 1.82) is 0 Å². The number of fused-ring (bicyclic) bond motifs is 1. The summed E-state index contributed by atoms with van der Waals surface area (Å²) in [6, 6.07) is 0. The van der Waals surface area contributed by atoms with Gasteiger partial charge in [-0.2, -0.15) is 10.2 Å². The largest absolute Gasteiger partial charge is 0.491 e. The molecular formula is C13H20N2O. The van der Waals surface area contributed by atoms with Crippen molar-refractivity contribution in [3.05, 3.63) is 17.0 Å². The molecule has 0 radical (unpaired) electrons. The van der Waals surface area contributed by atoms with Gasteiger partial charge in [0.1, 0.15) is 11.4 Å². The number of hydrogen-bond donors (Lipinski definition) is 0. The summed E-state index contributed by atoms with van der Waals surface area (Å²) in [5, 5.41) is 8.70. The molecule has 0 atom stereocenters. The quantitative estimate of drug-likeness (QED) is 0.782. The SMILES string of the molecule is CCCc1nnc(CC(C)C)c2c1OCC2. The maximum absolute atomic E-state index is 5.70. The van der Waals surface area contributed by atoms with E-state index in [1.165, 1.54) is 5.56 Å². The van der Waals surface area contributed by atoms with Crippen LogP contribution in [-0.4, -0.2) is 16.8 Å². The van der Waals surface area contributed by atoms with Crippen LogP contribution in [0.25, 0.3) is 0 Å². The molecule has 1 aliphatic rings. The zero-order valence-electron chi connectivity index (χ0n) is 10.4. The van der Waals surface area contributed by atoms with Crippen molar-refractivity contribution in [2.24, 2.45) is 5.92 Å². The molecule has 0 unspecified atom stereocenters. The fourth-order valence-electron chi connectivity index (χ4n) is 2.17. The second kappa shape index (κ2) is 4.81. The Hall–Kier alpha value is -1.12. The lowest BCUT2D eigenvalue weighted by atomic mass is 10.0. The highest BCUT2D eigenvalue weighted by atomic mass is 16.5. The highest BCUT2D eigenvalue weighted by Gasteiger charge is 2.22. The topological polar surface area (TPSA) is 35.0 Å². The van der Waals surface area contributed by atoms with Gasteiger partial charge in [-0.05, 0) is 18.8 Å². The van der Waals surface area contributed by atoms with E-state index in [-0.39, 0.29) is 0 Å². The van der Waals surface area contributed by atoms with Crippen molar-refractivity contribution in [2.45, 2.75) is 46.5 Å². The molecule has 2 rings (SSSR count). The van der Waals surface area contributed by atoms with E-state index in [0.29, 0.717) is 5.92 Å². The lowest BCUT2D eigenvalue weighted by Crippen LogP contribution is -2.06. The minimum Gasteiger partial charge on any atom is -0.491 e. The summed E-state index contributed by atoms with van der Waals surface area (Å²) in [6.07, 6.45) is 4.07. The van der Waals surface area contributed by atoms with E-state index in [1.807, 2.05) is 0 Å². The Morgan fingerprint density at radius 3 is 2.69 bits per heavy atom. The van der Waals surface area contributed by atoms with Gasteiger partial charge in [0.15, 0.2) is 0 Å². The summed E-state index contributed by atoms with van der Waals surface area (Å²) in [7, 11) is 0. The third-order valence-corrected chi connectivity index (χ3v) is 2.86. The average molecular weight is 220 g/mol. The Balaban J connectivity index is 2.33. The van der Waals surface area contributed by atoms with E-state index >= 15 is 0 Å². The average Bonchev–Trinajstić information content (AvgIpc) is 2.70. The number of aryl methyl sites for hydroxylation is 1. The molecule has 0 saturated carbocycles. The first-order valence-corrected chi connectivity index (χ1v) is 6.22. The molecule has 0 bridgehead atoms. The number of aromatic nitrogens is 2. The lowest BCUT2D eigenvalue weighted by molar-refractivity contribution is 0.351. The van der Waals surface area contributed by atoms with E-state index in [1.54, 1.807) is 0 Å². The van der Waals surface area contributed by atoms with Gasteiger partial charge in [-0.15, -0.1) is 0 Å². The number of rotatable bonds is 4. The van der Waals surface area contributed by atoms with Crippen LogP contribution in [0.3, 0.4) is 0 Å². The molecule has 0 saturated heterocycles. The van der Waals surface area contributed by atoms with Crippen LogP contribution < -0.4 is 4.74 Å². The first kappa shape index (κ1) is 11.4. The molecule has 88 valence electrons. The third-order valence-electron chi connectivity index (χ3n) is 2.86. The number of ether oxygens (including phenoxy) is 1. The molecule has 1 aromatic rings. The number of nitrogens with zero attached hydrogens (tertiary/aromatic N) is 2. The van der Waals surface area contributed by atoms with Crippen molar-refractivity contribution < 1.29 is 4.74 Å². The van der Waals surface area contributed by atoms with Crippen molar-refractivity contribution >= 4 is 0 Å². The minimum absolute atomic E-state index is 0.621. The van der Waals surface area contributed by atoms with Crippen LogP contribution in [0.4, 0.5) is 0 Å². The van der Waals surface area contributed by atoms with Gasteiger partial charge in [0, 0.05) is 12.0 Å². The van der Waals surface area contributed by atoms with Gasteiger partial charge in [-0.1, -0.05) is 27.2 Å².